The zero-order chi connectivity index (χ0) is 16.5. The van der Waals surface area contributed by atoms with Crippen molar-refractivity contribution in [3.05, 3.63) is 27.4 Å². The van der Waals surface area contributed by atoms with E-state index < -0.39 is 19.5 Å². The summed E-state index contributed by atoms with van der Waals surface area (Å²) in [5, 5.41) is 11.4. The lowest BCUT2D eigenvalue weighted by Crippen LogP contribution is -2.56. The molecule has 0 spiro atoms. The summed E-state index contributed by atoms with van der Waals surface area (Å²) in [5.74, 6) is 0.145. The van der Waals surface area contributed by atoms with Crippen LogP contribution in [-0.4, -0.2) is 41.9 Å². The highest BCUT2D eigenvalue weighted by Crippen LogP contribution is 2.36. The number of sulfone groups is 1. The van der Waals surface area contributed by atoms with E-state index in [4.69, 9.17) is 11.6 Å². The van der Waals surface area contributed by atoms with Gasteiger partial charge in [0.15, 0.2) is 9.84 Å². The van der Waals surface area contributed by atoms with Crippen LogP contribution in [0.3, 0.4) is 0 Å². The molecule has 9 heteroatoms. The molecule has 0 unspecified atom stereocenters. The second-order valence-electron chi connectivity index (χ2n) is 5.38. The maximum Gasteiger partial charge on any atom is 0.313 e. The number of nitro groups is 1. The molecule has 2 heterocycles. The first-order chi connectivity index (χ1) is 10.3. The third-order valence-corrected chi connectivity index (χ3v) is 7.32. The zero-order valence-electron chi connectivity index (χ0n) is 12.5. The first-order valence-electron chi connectivity index (χ1n) is 7.03. The molecule has 2 rings (SSSR count). The highest BCUT2D eigenvalue weighted by molar-refractivity contribution is 7.92. The number of anilines is 1. The van der Waals surface area contributed by atoms with Gasteiger partial charge in [0, 0.05) is 25.4 Å². The molecule has 0 N–H and O–H groups in total. The summed E-state index contributed by atoms with van der Waals surface area (Å²) in [4.78, 5) is 16.4. The molecule has 0 atom stereocenters. The topological polar surface area (TPSA) is 93.4 Å². The minimum absolute atomic E-state index is 0.0316. The first kappa shape index (κ1) is 17.0. The fourth-order valence-electron chi connectivity index (χ4n) is 2.87. The smallest absolute Gasteiger partial charge is 0.313 e. The molecule has 0 aromatic carbocycles. The highest BCUT2D eigenvalue weighted by Gasteiger charge is 2.46. The molecule has 1 aromatic heterocycles. The number of halogens is 1. The predicted octanol–water partition coefficient (Wildman–Crippen LogP) is 2.44. The molecule has 0 bridgehead atoms. The van der Waals surface area contributed by atoms with Crippen LogP contribution in [0.5, 0.6) is 0 Å². The second-order valence-corrected chi connectivity index (χ2v) is 8.32. The molecule has 1 aromatic rings. The maximum atomic E-state index is 12.4. The molecule has 0 aliphatic carbocycles. The zero-order valence-corrected chi connectivity index (χ0v) is 14.0. The number of aromatic nitrogens is 1. The molecule has 1 aliphatic rings. The van der Waals surface area contributed by atoms with Gasteiger partial charge < -0.3 is 4.90 Å². The minimum atomic E-state index is -3.23. The summed E-state index contributed by atoms with van der Waals surface area (Å²) in [6.45, 7) is 4.06. The SMILES string of the molecule is CCC1(CC)CN(c2ncc(Cl)cc2[N+](=O)[O-])CCS1(=O)=O. The van der Waals surface area contributed by atoms with Gasteiger partial charge in [-0.25, -0.2) is 13.4 Å². The average molecular weight is 348 g/mol. The Kier molecular flexibility index (Phi) is 4.62. The second kappa shape index (κ2) is 6.00. The van der Waals surface area contributed by atoms with Crippen molar-refractivity contribution in [2.24, 2.45) is 0 Å². The Morgan fingerprint density at radius 3 is 2.64 bits per heavy atom. The van der Waals surface area contributed by atoms with E-state index in [9.17, 15) is 18.5 Å². The summed E-state index contributed by atoms with van der Waals surface area (Å²) in [6, 6.07) is 1.24. The molecule has 1 aliphatic heterocycles. The van der Waals surface area contributed by atoms with Crippen LogP contribution in [0, 0.1) is 10.1 Å². The molecule has 22 heavy (non-hydrogen) atoms. The Labute approximate surface area is 134 Å². The van der Waals surface area contributed by atoms with Gasteiger partial charge >= 0.3 is 5.69 Å². The number of hydrogen-bond acceptors (Lipinski definition) is 6. The van der Waals surface area contributed by atoms with E-state index in [-0.39, 0.29) is 35.4 Å². The highest BCUT2D eigenvalue weighted by atomic mass is 35.5. The summed E-state index contributed by atoms with van der Waals surface area (Å²) < 4.78 is 23.9. The van der Waals surface area contributed by atoms with Gasteiger partial charge in [-0.1, -0.05) is 25.4 Å². The van der Waals surface area contributed by atoms with Crippen molar-refractivity contribution in [2.75, 3.05) is 23.7 Å². The Bertz CT molecular complexity index is 689. The Balaban J connectivity index is 2.46. The van der Waals surface area contributed by atoms with Crippen LogP contribution in [0.15, 0.2) is 12.3 Å². The van der Waals surface area contributed by atoms with Gasteiger partial charge in [-0.05, 0) is 12.8 Å². The molecular formula is C13H18ClN3O4S. The van der Waals surface area contributed by atoms with Crippen LogP contribution in [-0.2, 0) is 9.84 Å². The maximum absolute atomic E-state index is 12.4. The molecule has 7 nitrogen and oxygen atoms in total. The van der Waals surface area contributed by atoms with E-state index in [1.165, 1.54) is 12.3 Å². The van der Waals surface area contributed by atoms with Crippen molar-refractivity contribution in [2.45, 2.75) is 31.4 Å². The molecule has 122 valence electrons. The van der Waals surface area contributed by atoms with Crippen molar-refractivity contribution in [1.29, 1.82) is 0 Å². The van der Waals surface area contributed by atoms with Crippen molar-refractivity contribution >= 4 is 32.9 Å². The Hall–Kier alpha value is -1.41. The van der Waals surface area contributed by atoms with E-state index in [2.05, 4.69) is 4.98 Å². The molecular weight excluding hydrogens is 330 g/mol. The lowest BCUT2D eigenvalue weighted by atomic mass is 10.0. The molecule has 0 amide bonds. The fourth-order valence-corrected chi connectivity index (χ4v) is 5.14. The fraction of sp³-hybridized carbons (Fsp3) is 0.615. The van der Waals surface area contributed by atoms with Crippen LogP contribution in [0.1, 0.15) is 26.7 Å². The standard InChI is InChI=1S/C13H18ClN3O4S/c1-3-13(4-2)9-16(5-6-22(13,20)21)12-11(17(18)19)7-10(14)8-15-12/h7-8H,3-6,9H2,1-2H3. The number of hydrogen-bond donors (Lipinski definition) is 0. The van der Waals surface area contributed by atoms with Gasteiger partial charge in [0.1, 0.15) is 0 Å². The van der Waals surface area contributed by atoms with Crippen molar-refractivity contribution in [3.63, 3.8) is 0 Å². The monoisotopic (exact) mass is 347 g/mol. The largest absolute Gasteiger partial charge is 0.348 e. The third kappa shape index (κ3) is 2.77. The number of pyridine rings is 1. The summed E-state index contributed by atoms with van der Waals surface area (Å²) >= 11 is 5.77. The van der Waals surface area contributed by atoms with Gasteiger partial charge in [-0.15, -0.1) is 0 Å². The van der Waals surface area contributed by atoms with E-state index in [0.29, 0.717) is 12.8 Å². The minimum Gasteiger partial charge on any atom is -0.348 e. The third-order valence-electron chi connectivity index (χ3n) is 4.37. The Morgan fingerprint density at radius 2 is 2.09 bits per heavy atom. The summed E-state index contributed by atoms with van der Waals surface area (Å²) in [5.41, 5.74) is -0.201. The van der Waals surface area contributed by atoms with Gasteiger partial charge in [-0.2, -0.15) is 0 Å². The lowest BCUT2D eigenvalue weighted by Gasteiger charge is -2.41. The summed E-state index contributed by atoms with van der Waals surface area (Å²) in [7, 11) is -3.23. The van der Waals surface area contributed by atoms with Crippen LogP contribution in [0.4, 0.5) is 11.5 Å². The first-order valence-corrected chi connectivity index (χ1v) is 9.06. The molecule has 1 saturated heterocycles. The molecule has 0 radical (unpaired) electrons. The van der Waals surface area contributed by atoms with Crippen molar-refractivity contribution < 1.29 is 13.3 Å². The van der Waals surface area contributed by atoms with Gasteiger partial charge in [0.2, 0.25) is 5.82 Å². The average Bonchev–Trinajstić information content (AvgIpc) is 2.47. The van der Waals surface area contributed by atoms with E-state index in [0.717, 1.165) is 0 Å². The Morgan fingerprint density at radius 1 is 1.45 bits per heavy atom. The van der Waals surface area contributed by atoms with Crippen molar-refractivity contribution in [3.8, 4) is 0 Å². The number of nitrogens with zero attached hydrogens (tertiary/aromatic N) is 3. The van der Waals surface area contributed by atoms with E-state index in [1.54, 1.807) is 4.90 Å². The summed E-state index contributed by atoms with van der Waals surface area (Å²) in [6.07, 6.45) is 2.26. The predicted molar refractivity (Wildman–Crippen MR) is 85.2 cm³/mol. The van der Waals surface area contributed by atoms with E-state index >= 15 is 0 Å². The lowest BCUT2D eigenvalue weighted by molar-refractivity contribution is -0.384. The molecule has 0 saturated carbocycles. The van der Waals surface area contributed by atoms with Crippen LogP contribution in [0.25, 0.3) is 0 Å². The van der Waals surface area contributed by atoms with Gasteiger partial charge in [0.25, 0.3) is 0 Å². The number of rotatable bonds is 4. The normalized spacial score (nSPS) is 19.9. The molecule has 1 fully saturated rings. The van der Waals surface area contributed by atoms with Gasteiger partial charge in [-0.3, -0.25) is 10.1 Å². The van der Waals surface area contributed by atoms with Crippen LogP contribution >= 0.6 is 11.6 Å². The van der Waals surface area contributed by atoms with Crippen LogP contribution in [0.2, 0.25) is 5.02 Å². The van der Waals surface area contributed by atoms with Gasteiger partial charge in [0.05, 0.1) is 20.4 Å². The quantitative estimate of drug-likeness (QED) is 0.613. The van der Waals surface area contributed by atoms with Crippen molar-refractivity contribution in [1.82, 2.24) is 4.98 Å². The van der Waals surface area contributed by atoms with Crippen LogP contribution < -0.4 is 4.90 Å². The van der Waals surface area contributed by atoms with E-state index in [1.807, 2.05) is 13.8 Å².